The largest absolute Gasteiger partial charge is 0.481 e. The number of hydrogen-bond acceptors (Lipinski definition) is 3. The van der Waals surface area contributed by atoms with E-state index in [1.807, 2.05) is 22.9 Å². The van der Waals surface area contributed by atoms with Crippen LogP contribution >= 0.6 is 0 Å². The molecule has 1 aliphatic carbocycles. The minimum absolute atomic E-state index is 0.0232. The third-order valence-electron chi connectivity index (χ3n) is 3.86. The Kier molecular flexibility index (Phi) is 3.19. The molecule has 0 radical (unpaired) electrons. The maximum atomic E-state index is 10.9. The first-order valence-corrected chi connectivity index (χ1v) is 6.77. The first-order chi connectivity index (χ1) is 9.24. The molecule has 1 aliphatic rings. The predicted octanol–water partition coefficient (Wildman–Crippen LogP) is 2.25. The van der Waals surface area contributed by atoms with Crippen molar-refractivity contribution in [1.82, 2.24) is 15.0 Å². The molecule has 1 N–H and O–H groups in total. The summed E-state index contributed by atoms with van der Waals surface area (Å²) >= 11 is 0. The van der Waals surface area contributed by atoms with Crippen LogP contribution in [0.15, 0.2) is 18.2 Å². The highest BCUT2D eigenvalue weighted by atomic mass is 16.4. The van der Waals surface area contributed by atoms with E-state index in [-0.39, 0.29) is 6.42 Å². The van der Waals surface area contributed by atoms with Crippen LogP contribution in [0.3, 0.4) is 0 Å². The van der Waals surface area contributed by atoms with Crippen LogP contribution in [0.2, 0.25) is 0 Å². The molecule has 19 heavy (non-hydrogen) atoms. The van der Waals surface area contributed by atoms with E-state index in [9.17, 15) is 4.79 Å². The number of nitrogens with zero attached hydrogens (tertiary/aromatic N) is 3. The van der Waals surface area contributed by atoms with Crippen LogP contribution in [0.4, 0.5) is 0 Å². The lowest BCUT2D eigenvalue weighted by Crippen LogP contribution is -2.11. The smallest absolute Gasteiger partial charge is 0.307 e. The number of hydrogen-bond donors (Lipinski definition) is 1. The SMILES string of the molecule is O=C(O)Cc1cccc2nnn(CC3CCCC3)c12. The topological polar surface area (TPSA) is 68.0 Å². The molecule has 1 aromatic carbocycles. The summed E-state index contributed by atoms with van der Waals surface area (Å²) in [5.74, 6) is -0.163. The van der Waals surface area contributed by atoms with Crippen molar-refractivity contribution in [2.75, 3.05) is 0 Å². The van der Waals surface area contributed by atoms with Gasteiger partial charge in [-0.3, -0.25) is 4.79 Å². The standard InChI is InChI=1S/C14H17N3O2/c18-13(19)8-11-6-3-7-12-14(11)17(16-15-12)9-10-4-1-2-5-10/h3,6-7,10H,1-2,4-5,8-9H2,(H,18,19). The Bertz CT molecular complexity index is 600. The van der Waals surface area contributed by atoms with Gasteiger partial charge in [-0.2, -0.15) is 0 Å². The molecule has 5 heteroatoms. The Labute approximate surface area is 111 Å². The van der Waals surface area contributed by atoms with Gasteiger partial charge in [-0.25, -0.2) is 4.68 Å². The molecule has 5 nitrogen and oxygen atoms in total. The summed E-state index contributed by atoms with van der Waals surface area (Å²) in [7, 11) is 0. The lowest BCUT2D eigenvalue weighted by molar-refractivity contribution is -0.136. The van der Waals surface area contributed by atoms with E-state index in [1.165, 1.54) is 25.7 Å². The molecule has 1 heterocycles. The highest BCUT2D eigenvalue weighted by Crippen LogP contribution is 2.27. The zero-order valence-corrected chi connectivity index (χ0v) is 10.7. The molecule has 3 rings (SSSR count). The molecular formula is C14H17N3O2. The van der Waals surface area contributed by atoms with Gasteiger partial charge in [0.15, 0.2) is 0 Å². The van der Waals surface area contributed by atoms with Gasteiger partial charge in [-0.15, -0.1) is 5.10 Å². The molecule has 0 aliphatic heterocycles. The van der Waals surface area contributed by atoms with E-state index in [4.69, 9.17) is 5.11 Å². The van der Waals surface area contributed by atoms with Crippen molar-refractivity contribution in [3.63, 3.8) is 0 Å². The van der Waals surface area contributed by atoms with Gasteiger partial charge in [-0.1, -0.05) is 30.2 Å². The molecule has 1 fully saturated rings. The van der Waals surface area contributed by atoms with Crippen molar-refractivity contribution in [3.05, 3.63) is 23.8 Å². The number of carboxylic acid groups (broad SMARTS) is 1. The third-order valence-corrected chi connectivity index (χ3v) is 3.86. The fraction of sp³-hybridized carbons (Fsp3) is 0.500. The van der Waals surface area contributed by atoms with Gasteiger partial charge in [-0.05, 0) is 30.4 Å². The summed E-state index contributed by atoms with van der Waals surface area (Å²) in [5.41, 5.74) is 2.47. The minimum atomic E-state index is -0.818. The Morgan fingerprint density at radius 3 is 2.89 bits per heavy atom. The number of para-hydroxylation sites is 1. The zero-order chi connectivity index (χ0) is 13.2. The van der Waals surface area contributed by atoms with Crippen LogP contribution in [0.25, 0.3) is 11.0 Å². The maximum Gasteiger partial charge on any atom is 0.307 e. The van der Waals surface area contributed by atoms with E-state index >= 15 is 0 Å². The Balaban J connectivity index is 1.96. The number of aliphatic carboxylic acids is 1. The fourth-order valence-electron chi connectivity index (χ4n) is 2.97. The fourth-order valence-corrected chi connectivity index (χ4v) is 2.97. The second-order valence-corrected chi connectivity index (χ2v) is 5.28. The van der Waals surface area contributed by atoms with Gasteiger partial charge in [0.2, 0.25) is 0 Å². The van der Waals surface area contributed by atoms with E-state index < -0.39 is 5.97 Å². The third kappa shape index (κ3) is 2.45. The normalized spacial score (nSPS) is 16.2. The van der Waals surface area contributed by atoms with Crippen LogP contribution in [0.1, 0.15) is 31.2 Å². The quantitative estimate of drug-likeness (QED) is 0.914. The van der Waals surface area contributed by atoms with Gasteiger partial charge in [0.1, 0.15) is 5.52 Å². The van der Waals surface area contributed by atoms with Crippen LogP contribution in [0, 0.1) is 5.92 Å². The summed E-state index contributed by atoms with van der Waals surface area (Å²) < 4.78 is 1.89. The second-order valence-electron chi connectivity index (χ2n) is 5.28. The van der Waals surface area contributed by atoms with Gasteiger partial charge in [0, 0.05) is 6.54 Å². The summed E-state index contributed by atoms with van der Waals surface area (Å²) in [6.07, 6.45) is 5.08. The molecule has 0 atom stereocenters. The Hall–Kier alpha value is -1.91. The van der Waals surface area contributed by atoms with E-state index in [2.05, 4.69) is 10.3 Å². The van der Waals surface area contributed by atoms with Gasteiger partial charge >= 0.3 is 5.97 Å². The first kappa shape index (κ1) is 12.1. The highest BCUT2D eigenvalue weighted by Gasteiger charge is 2.19. The number of rotatable bonds is 4. The van der Waals surface area contributed by atoms with Crippen LogP contribution in [-0.2, 0) is 17.8 Å². The van der Waals surface area contributed by atoms with Gasteiger partial charge in [0.25, 0.3) is 0 Å². The van der Waals surface area contributed by atoms with Crippen molar-refractivity contribution < 1.29 is 9.90 Å². The van der Waals surface area contributed by atoms with Crippen LogP contribution in [0.5, 0.6) is 0 Å². The Morgan fingerprint density at radius 2 is 2.16 bits per heavy atom. The van der Waals surface area contributed by atoms with Crippen molar-refractivity contribution in [3.8, 4) is 0 Å². The monoisotopic (exact) mass is 259 g/mol. The second kappa shape index (κ2) is 4.99. The average Bonchev–Trinajstić information content (AvgIpc) is 3.00. The molecule has 100 valence electrons. The van der Waals surface area contributed by atoms with Crippen molar-refractivity contribution in [2.24, 2.45) is 5.92 Å². The number of benzene rings is 1. The van der Waals surface area contributed by atoms with E-state index in [0.29, 0.717) is 5.92 Å². The van der Waals surface area contributed by atoms with Gasteiger partial charge < -0.3 is 5.11 Å². The number of carboxylic acids is 1. The van der Waals surface area contributed by atoms with Crippen LogP contribution < -0.4 is 0 Å². The van der Waals surface area contributed by atoms with Crippen molar-refractivity contribution in [1.29, 1.82) is 0 Å². The summed E-state index contributed by atoms with van der Waals surface area (Å²) in [4.78, 5) is 10.9. The maximum absolute atomic E-state index is 10.9. The predicted molar refractivity (Wildman–Crippen MR) is 70.8 cm³/mol. The molecule has 0 unspecified atom stereocenters. The molecule has 1 saturated carbocycles. The molecule has 2 aromatic rings. The van der Waals surface area contributed by atoms with Gasteiger partial charge in [0.05, 0.1) is 11.9 Å². The van der Waals surface area contributed by atoms with Crippen molar-refractivity contribution >= 4 is 17.0 Å². The Morgan fingerprint density at radius 1 is 1.37 bits per heavy atom. The average molecular weight is 259 g/mol. The lowest BCUT2D eigenvalue weighted by Gasteiger charge is -2.10. The molecule has 0 spiro atoms. The lowest BCUT2D eigenvalue weighted by atomic mass is 10.1. The molecule has 0 bridgehead atoms. The summed E-state index contributed by atoms with van der Waals surface area (Å²) in [5, 5.41) is 17.3. The van der Waals surface area contributed by atoms with Crippen molar-refractivity contribution in [2.45, 2.75) is 38.6 Å². The summed E-state index contributed by atoms with van der Waals surface area (Å²) in [6, 6.07) is 5.58. The van der Waals surface area contributed by atoms with Crippen LogP contribution in [-0.4, -0.2) is 26.1 Å². The molecule has 1 aromatic heterocycles. The molecule has 0 saturated heterocycles. The zero-order valence-electron chi connectivity index (χ0n) is 10.7. The molecular weight excluding hydrogens is 242 g/mol. The summed E-state index contributed by atoms with van der Waals surface area (Å²) in [6.45, 7) is 0.854. The highest BCUT2D eigenvalue weighted by molar-refractivity contribution is 5.83. The number of carbonyl (C=O) groups is 1. The number of aromatic nitrogens is 3. The number of fused-ring (bicyclic) bond motifs is 1. The molecule has 0 amide bonds. The van der Waals surface area contributed by atoms with E-state index in [1.54, 1.807) is 0 Å². The minimum Gasteiger partial charge on any atom is -0.481 e. The first-order valence-electron chi connectivity index (χ1n) is 6.77. The van der Waals surface area contributed by atoms with E-state index in [0.717, 1.165) is 23.1 Å².